The van der Waals surface area contributed by atoms with Crippen molar-refractivity contribution in [3.8, 4) is 11.1 Å². The number of carbonyl (C=O) groups excluding carboxylic acids is 1. The molecule has 0 aromatic heterocycles. The molecule has 2 unspecified atom stereocenters. The minimum absolute atomic E-state index is 0.0965. The fourth-order valence-electron chi connectivity index (χ4n) is 3.86. The molecule has 1 fully saturated rings. The zero-order valence-corrected chi connectivity index (χ0v) is 15.2. The van der Waals surface area contributed by atoms with E-state index in [0.29, 0.717) is 11.6 Å². The number of halogens is 1. The third-order valence-corrected chi connectivity index (χ3v) is 5.54. The second-order valence-electron chi connectivity index (χ2n) is 7.36. The molecule has 1 aliphatic carbocycles. The zero-order chi connectivity index (χ0) is 18.0. The van der Waals surface area contributed by atoms with E-state index in [2.05, 4.69) is 19.0 Å². The van der Waals surface area contributed by atoms with Crippen LogP contribution in [0.2, 0.25) is 0 Å². The first kappa shape index (κ1) is 17.8. The van der Waals surface area contributed by atoms with Gasteiger partial charge in [0, 0.05) is 23.4 Å². The van der Waals surface area contributed by atoms with Crippen LogP contribution in [0.1, 0.15) is 37.7 Å². The summed E-state index contributed by atoms with van der Waals surface area (Å²) in [6.45, 7) is 1.91. The fourth-order valence-corrected chi connectivity index (χ4v) is 3.86. The van der Waals surface area contributed by atoms with Crippen molar-refractivity contribution >= 4 is 5.78 Å². The van der Waals surface area contributed by atoms with Crippen molar-refractivity contribution in [2.75, 3.05) is 14.1 Å². The number of ketones is 1. The summed E-state index contributed by atoms with van der Waals surface area (Å²) in [5.74, 6) is -0.179. The standard InChI is InChI=1S/C22H26FNO/c1-15(22(25)18-9-11-19(13-18)24(2)3)17-10-12-20(21(23)14-17)16-7-5-4-6-8-16/h4-8,10,12,14-15,18-19H,9,11,13H2,1-3H3/t15-,18?,19?/m1/s1. The van der Waals surface area contributed by atoms with E-state index < -0.39 is 0 Å². The molecule has 0 amide bonds. The third-order valence-electron chi connectivity index (χ3n) is 5.54. The van der Waals surface area contributed by atoms with Crippen LogP contribution in [0.5, 0.6) is 0 Å². The minimum Gasteiger partial charge on any atom is -0.306 e. The van der Waals surface area contributed by atoms with Crippen molar-refractivity contribution in [2.45, 2.75) is 38.1 Å². The molecule has 0 spiro atoms. The number of hydrogen-bond donors (Lipinski definition) is 0. The Balaban J connectivity index is 1.76. The number of carbonyl (C=O) groups is 1. The Kier molecular flexibility index (Phi) is 5.33. The summed E-state index contributed by atoms with van der Waals surface area (Å²) in [5.41, 5.74) is 2.21. The first-order valence-electron chi connectivity index (χ1n) is 9.02. The summed E-state index contributed by atoms with van der Waals surface area (Å²) in [5, 5.41) is 0. The lowest BCUT2D eigenvalue weighted by atomic mass is 9.87. The van der Waals surface area contributed by atoms with Crippen molar-refractivity contribution in [3.63, 3.8) is 0 Å². The van der Waals surface area contributed by atoms with E-state index in [1.807, 2.05) is 43.3 Å². The van der Waals surface area contributed by atoms with Crippen LogP contribution in [0.3, 0.4) is 0 Å². The Labute approximate surface area is 149 Å². The van der Waals surface area contributed by atoms with Crippen LogP contribution in [0, 0.1) is 11.7 Å². The lowest BCUT2D eigenvalue weighted by molar-refractivity contribution is -0.123. The van der Waals surface area contributed by atoms with E-state index in [9.17, 15) is 9.18 Å². The van der Waals surface area contributed by atoms with Gasteiger partial charge in [0.15, 0.2) is 0 Å². The van der Waals surface area contributed by atoms with Gasteiger partial charge in [0.1, 0.15) is 11.6 Å². The lowest BCUT2D eigenvalue weighted by Gasteiger charge is -2.20. The third kappa shape index (κ3) is 3.82. The Hall–Kier alpha value is -2.00. The molecule has 3 rings (SSSR count). The molecule has 0 radical (unpaired) electrons. The predicted molar refractivity (Wildman–Crippen MR) is 100 cm³/mol. The predicted octanol–water partition coefficient (Wildman–Crippen LogP) is 4.90. The maximum atomic E-state index is 14.6. The van der Waals surface area contributed by atoms with E-state index in [-0.39, 0.29) is 23.4 Å². The highest BCUT2D eigenvalue weighted by Crippen LogP contribution is 2.34. The van der Waals surface area contributed by atoms with E-state index in [4.69, 9.17) is 0 Å². The second-order valence-corrected chi connectivity index (χ2v) is 7.36. The lowest BCUT2D eigenvalue weighted by Crippen LogP contribution is -2.26. The van der Waals surface area contributed by atoms with Gasteiger partial charge in [-0.05, 0) is 50.6 Å². The molecule has 1 saturated carbocycles. The first-order chi connectivity index (χ1) is 12.0. The Morgan fingerprint density at radius 1 is 1.12 bits per heavy atom. The van der Waals surface area contributed by atoms with Crippen LogP contribution < -0.4 is 0 Å². The quantitative estimate of drug-likeness (QED) is 0.772. The maximum absolute atomic E-state index is 14.6. The van der Waals surface area contributed by atoms with Crippen molar-refractivity contribution < 1.29 is 9.18 Å². The number of hydrogen-bond acceptors (Lipinski definition) is 2. The number of Topliss-reactive ketones (excluding diaryl/α,β-unsaturated/α-hetero) is 1. The smallest absolute Gasteiger partial charge is 0.143 e. The van der Waals surface area contributed by atoms with Gasteiger partial charge in [-0.25, -0.2) is 4.39 Å². The van der Waals surface area contributed by atoms with Gasteiger partial charge in [0.05, 0.1) is 0 Å². The average Bonchev–Trinajstić information content (AvgIpc) is 3.11. The van der Waals surface area contributed by atoms with E-state index in [0.717, 1.165) is 30.4 Å². The molecule has 2 nitrogen and oxygen atoms in total. The highest BCUT2D eigenvalue weighted by atomic mass is 19.1. The summed E-state index contributed by atoms with van der Waals surface area (Å²) in [6.07, 6.45) is 2.93. The van der Waals surface area contributed by atoms with Gasteiger partial charge >= 0.3 is 0 Å². The normalized spacial score (nSPS) is 21.5. The molecule has 3 atom stereocenters. The monoisotopic (exact) mass is 339 g/mol. The largest absolute Gasteiger partial charge is 0.306 e. The molecule has 1 aliphatic rings. The molecule has 3 heteroatoms. The molecule has 2 aromatic carbocycles. The van der Waals surface area contributed by atoms with Gasteiger partial charge < -0.3 is 4.90 Å². The molecule has 0 saturated heterocycles. The summed E-state index contributed by atoms with van der Waals surface area (Å²) < 4.78 is 14.6. The van der Waals surface area contributed by atoms with Crippen LogP contribution in [0.25, 0.3) is 11.1 Å². The number of nitrogens with zero attached hydrogens (tertiary/aromatic N) is 1. The summed E-state index contributed by atoms with van der Waals surface area (Å²) in [4.78, 5) is 15.0. The zero-order valence-electron chi connectivity index (χ0n) is 15.2. The van der Waals surface area contributed by atoms with Crippen LogP contribution >= 0.6 is 0 Å². The van der Waals surface area contributed by atoms with E-state index >= 15 is 0 Å². The van der Waals surface area contributed by atoms with Gasteiger partial charge in [0.2, 0.25) is 0 Å². The van der Waals surface area contributed by atoms with Crippen LogP contribution in [-0.2, 0) is 4.79 Å². The fraction of sp³-hybridized carbons (Fsp3) is 0.409. The number of benzene rings is 2. The maximum Gasteiger partial charge on any atom is 0.143 e. The highest BCUT2D eigenvalue weighted by Gasteiger charge is 2.33. The van der Waals surface area contributed by atoms with Crippen molar-refractivity contribution in [3.05, 3.63) is 59.9 Å². The van der Waals surface area contributed by atoms with Gasteiger partial charge in [0.25, 0.3) is 0 Å². The van der Waals surface area contributed by atoms with Crippen LogP contribution in [0.4, 0.5) is 4.39 Å². The summed E-state index contributed by atoms with van der Waals surface area (Å²) in [6, 6.07) is 15.2. The van der Waals surface area contributed by atoms with Crippen molar-refractivity contribution in [1.82, 2.24) is 4.90 Å². The minimum atomic E-state index is -0.263. The molecule has 0 N–H and O–H groups in total. The topological polar surface area (TPSA) is 20.3 Å². The van der Waals surface area contributed by atoms with Crippen molar-refractivity contribution in [1.29, 1.82) is 0 Å². The molecule has 25 heavy (non-hydrogen) atoms. The molecule has 2 aromatic rings. The second kappa shape index (κ2) is 7.49. The Morgan fingerprint density at radius 3 is 2.44 bits per heavy atom. The number of rotatable bonds is 5. The molecular weight excluding hydrogens is 313 g/mol. The molecule has 0 aliphatic heterocycles. The van der Waals surface area contributed by atoms with Gasteiger partial charge in [-0.2, -0.15) is 0 Å². The molecule has 0 bridgehead atoms. The van der Waals surface area contributed by atoms with Crippen molar-refractivity contribution in [2.24, 2.45) is 5.92 Å². The summed E-state index contributed by atoms with van der Waals surface area (Å²) in [7, 11) is 4.14. The van der Waals surface area contributed by atoms with E-state index in [1.54, 1.807) is 6.07 Å². The van der Waals surface area contributed by atoms with Gasteiger partial charge in [-0.3, -0.25) is 4.79 Å². The first-order valence-corrected chi connectivity index (χ1v) is 9.02. The van der Waals surface area contributed by atoms with Gasteiger partial charge in [-0.1, -0.05) is 49.4 Å². The molecule has 132 valence electrons. The van der Waals surface area contributed by atoms with Crippen LogP contribution in [-0.4, -0.2) is 30.8 Å². The molecule has 0 heterocycles. The SMILES string of the molecule is C[C@@H](C(=O)C1CCC(N(C)C)C1)c1ccc(-c2ccccc2)c(F)c1. The average molecular weight is 339 g/mol. The van der Waals surface area contributed by atoms with Crippen LogP contribution in [0.15, 0.2) is 48.5 Å². The Morgan fingerprint density at radius 2 is 1.84 bits per heavy atom. The van der Waals surface area contributed by atoms with E-state index in [1.165, 1.54) is 6.07 Å². The Bertz CT molecular complexity index is 741. The van der Waals surface area contributed by atoms with Gasteiger partial charge in [-0.15, -0.1) is 0 Å². The summed E-state index contributed by atoms with van der Waals surface area (Å²) >= 11 is 0. The molecular formula is C22H26FNO. The highest BCUT2D eigenvalue weighted by molar-refractivity contribution is 5.88.